The predicted octanol–water partition coefficient (Wildman–Crippen LogP) is 3.89. The number of hydrogen-bond donors (Lipinski definition) is 4. The molecule has 2 aromatic carbocycles. The molecule has 2 unspecified atom stereocenters. The fourth-order valence-corrected chi connectivity index (χ4v) is 4.30. The second-order valence-corrected chi connectivity index (χ2v) is 11.0. The fourth-order valence-electron chi connectivity index (χ4n) is 4.30. The Kier molecular flexibility index (Phi) is 12.6. The Morgan fingerprint density at radius 3 is 2.26 bits per heavy atom. The van der Waals surface area contributed by atoms with Gasteiger partial charge in [-0.2, -0.15) is 0 Å². The summed E-state index contributed by atoms with van der Waals surface area (Å²) >= 11 is 0. The van der Waals surface area contributed by atoms with Gasteiger partial charge in [0.05, 0.1) is 7.11 Å². The molecule has 11 nitrogen and oxygen atoms in total. The Hall–Kier alpha value is -4.28. The number of hydrogen-bond acceptors (Lipinski definition) is 8. The van der Waals surface area contributed by atoms with E-state index < -0.39 is 48.1 Å². The number of nitrogens with zero attached hydrogens (tertiary/aromatic N) is 1. The van der Waals surface area contributed by atoms with Crippen molar-refractivity contribution >= 4 is 23.9 Å². The molecule has 4 N–H and O–H groups in total. The molecule has 2 rings (SSSR count). The molecule has 0 aliphatic rings. The Morgan fingerprint density at radius 1 is 1.00 bits per heavy atom. The van der Waals surface area contributed by atoms with Crippen molar-refractivity contribution in [1.82, 2.24) is 15.5 Å². The van der Waals surface area contributed by atoms with Gasteiger partial charge in [0.25, 0.3) is 0 Å². The number of phenols is 2. The van der Waals surface area contributed by atoms with Gasteiger partial charge in [0.15, 0.2) is 0 Å². The van der Waals surface area contributed by atoms with Crippen molar-refractivity contribution in [2.75, 3.05) is 20.2 Å². The van der Waals surface area contributed by atoms with E-state index in [1.165, 1.54) is 24.1 Å². The van der Waals surface area contributed by atoms with E-state index in [0.29, 0.717) is 17.5 Å². The number of amides is 3. The van der Waals surface area contributed by atoms with Crippen LogP contribution in [0.4, 0.5) is 4.79 Å². The lowest BCUT2D eigenvalue weighted by atomic mass is 9.97. The van der Waals surface area contributed by atoms with Gasteiger partial charge in [-0.3, -0.25) is 14.4 Å². The predicted molar refractivity (Wildman–Crippen MR) is 157 cm³/mol. The standard InChI is InChI=1S/C31H43N3O8/c1-7-8-9-17-34(26(28(38)32-19-25(36)41-6)23-12-10-11-20(2)27(23)37)29(39)24(33-30(40)42-31(3,4)5)18-21-13-15-22(35)16-14-21/h10-16,24,26,35,37H,7-9,17-19H2,1-6H3,(H,32,38)(H,33,40). The Balaban J connectivity index is 2.61. The molecule has 0 aliphatic carbocycles. The number of benzene rings is 2. The summed E-state index contributed by atoms with van der Waals surface area (Å²) in [7, 11) is 1.19. The third-order valence-electron chi connectivity index (χ3n) is 6.41. The molecule has 0 radical (unpaired) electrons. The van der Waals surface area contributed by atoms with E-state index in [9.17, 15) is 29.4 Å². The molecule has 0 heterocycles. The maximum absolute atomic E-state index is 14.4. The number of ether oxygens (including phenoxy) is 2. The minimum atomic E-state index is -1.33. The normalized spacial score (nSPS) is 12.5. The van der Waals surface area contributed by atoms with Crippen molar-refractivity contribution in [2.24, 2.45) is 0 Å². The summed E-state index contributed by atoms with van der Waals surface area (Å²) in [6, 6.07) is 8.56. The molecule has 2 atom stereocenters. The molecule has 0 spiro atoms. The van der Waals surface area contributed by atoms with E-state index in [-0.39, 0.29) is 30.0 Å². The van der Waals surface area contributed by atoms with Crippen LogP contribution in [0, 0.1) is 6.92 Å². The highest BCUT2D eigenvalue weighted by molar-refractivity contribution is 5.93. The van der Waals surface area contributed by atoms with Crippen molar-refractivity contribution in [3.8, 4) is 11.5 Å². The first-order valence-corrected chi connectivity index (χ1v) is 14.0. The maximum atomic E-state index is 14.4. The topological polar surface area (TPSA) is 154 Å². The van der Waals surface area contributed by atoms with Crippen LogP contribution >= 0.6 is 0 Å². The van der Waals surface area contributed by atoms with Crippen LogP contribution in [0.5, 0.6) is 11.5 Å². The molecule has 0 saturated heterocycles. The lowest BCUT2D eigenvalue weighted by Gasteiger charge is -2.35. The van der Waals surface area contributed by atoms with Crippen molar-refractivity contribution in [2.45, 2.75) is 78.0 Å². The molecule has 2 aromatic rings. The minimum Gasteiger partial charge on any atom is -0.508 e. The zero-order valence-corrected chi connectivity index (χ0v) is 25.2. The van der Waals surface area contributed by atoms with E-state index >= 15 is 0 Å². The third kappa shape index (κ3) is 10.3. The van der Waals surface area contributed by atoms with E-state index in [1.807, 2.05) is 6.92 Å². The number of alkyl carbamates (subject to hydrolysis) is 1. The molecule has 42 heavy (non-hydrogen) atoms. The molecule has 230 valence electrons. The van der Waals surface area contributed by atoms with E-state index in [1.54, 1.807) is 58.0 Å². The SMILES string of the molecule is CCCCCN(C(=O)C(Cc1ccc(O)cc1)NC(=O)OC(C)(C)C)C(C(=O)NCC(=O)OC)c1cccc(C)c1O. The number of methoxy groups -OCH3 is 1. The summed E-state index contributed by atoms with van der Waals surface area (Å²) in [5, 5.41) is 25.9. The van der Waals surface area contributed by atoms with Crippen LogP contribution in [-0.2, 0) is 30.3 Å². The summed E-state index contributed by atoms with van der Waals surface area (Å²) in [5.41, 5.74) is 0.469. The molecule has 0 bridgehead atoms. The molecular formula is C31H43N3O8. The summed E-state index contributed by atoms with van der Waals surface area (Å²) < 4.78 is 10.1. The summed E-state index contributed by atoms with van der Waals surface area (Å²) in [6.45, 7) is 8.44. The van der Waals surface area contributed by atoms with Crippen LogP contribution in [0.3, 0.4) is 0 Å². The molecular weight excluding hydrogens is 542 g/mol. The average molecular weight is 586 g/mol. The quantitative estimate of drug-likeness (QED) is 0.204. The number of rotatable bonds is 13. The van der Waals surface area contributed by atoms with Crippen LogP contribution in [0.2, 0.25) is 0 Å². The number of nitrogens with one attached hydrogen (secondary N) is 2. The Morgan fingerprint density at radius 2 is 1.67 bits per heavy atom. The van der Waals surface area contributed by atoms with Crippen LogP contribution in [0.25, 0.3) is 0 Å². The Bertz CT molecular complexity index is 1220. The average Bonchev–Trinajstić information content (AvgIpc) is 2.92. The number of carbonyl (C=O) groups is 4. The van der Waals surface area contributed by atoms with Crippen LogP contribution in [0.1, 0.15) is 69.7 Å². The minimum absolute atomic E-state index is 0.0267. The highest BCUT2D eigenvalue weighted by Crippen LogP contribution is 2.33. The number of carbonyl (C=O) groups excluding carboxylic acids is 4. The van der Waals surface area contributed by atoms with E-state index in [0.717, 1.165) is 12.8 Å². The zero-order chi connectivity index (χ0) is 31.4. The zero-order valence-electron chi connectivity index (χ0n) is 25.2. The fraction of sp³-hybridized carbons (Fsp3) is 0.484. The molecule has 0 aromatic heterocycles. The van der Waals surface area contributed by atoms with E-state index in [2.05, 4.69) is 15.4 Å². The highest BCUT2D eigenvalue weighted by Gasteiger charge is 2.37. The van der Waals surface area contributed by atoms with Crippen LogP contribution in [0.15, 0.2) is 42.5 Å². The van der Waals surface area contributed by atoms with Gasteiger partial charge >= 0.3 is 12.1 Å². The number of esters is 1. The number of aryl methyl sites for hydroxylation is 1. The van der Waals surface area contributed by atoms with E-state index in [4.69, 9.17) is 4.74 Å². The third-order valence-corrected chi connectivity index (χ3v) is 6.41. The first-order valence-electron chi connectivity index (χ1n) is 14.0. The van der Waals surface area contributed by atoms with Crippen molar-refractivity contribution in [1.29, 1.82) is 0 Å². The van der Waals surface area contributed by atoms with Gasteiger partial charge < -0.3 is 35.2 Å². The van der Waals surface area contributed by atoms with Gasteiger partial charge in [0, 0.05) is 18.5 Å². The van der Waals surface area contributed by atoms with Gasteiger partial charge in [-0.15, -0.1) is 0 Å². The maximum Gasteiger partial charge on any atom is 0.408 e. The first kappa shape index (κ1) is 33.9. The number of aromatic hydroxyl groups is 2. The molecule has 0 fully saturated rings. The van der Waals surface area contributed by atoms with Crippen LogP contribution < -0.4 is 10.6 Å². The second-order valence-electron chi connectivity index (χ2n) is 11.0. The summed E-state index contributed by atoms with van der Waals surface area (Å²) in [6.07, 6.45) is 1.33. The van der Waals surface area contributed by atoms with Crippen LogP contribution in [-0.4, -0.2) is 70.8 Å². The smallest absolute Gasteiger partial charge is 0.408 e. The largest absolute Gasteiger partial charge is 0.508 e. The highest BCUT2D eigenvalue weighted by atomic mass is 16.6. The summed E-state index contributed by atoms with van der Waals surface area (Å²) in [4.78, 5) is 54.1. The molecule has 3 amide bonds. The lowest BCUT2D eigenvalue weighted by molar-refractivity contribution is -0.144. The van der Waals surface area contributed by atoms with Gasteiger partial charge in [-0.05, 0) is 57.4 Å². The Labute approximate surface area is 247 Å². The number of para-hydroxylation sites is 1. The number of unbranched alkanes of at least 4 members (excludes halogenated alkanes) is 2. The first-order chi connectivity index (χ1) is 19.8. The lowest BCUT2D eigenvalue weighted by Crippen LogP contribution is -2.54. The van der Waals surface area contributed by atoms with Crippen molar-refractivity contribution < 1.29 is 38.9 Å². The van der Waals surface area contributed by atoms with Crippen molar-refractivity contribution in [3.63, 3.8) is 0 Å². The van der Waals surface area contributed by atoms with Gasteiger partial charge in [0.2, 0.25) is 11.8 Å². The molecule has 0 aliphatic heterocycles. The monoisotopic (exact) mass is 585 g/mol. The van der Waals surface area contributed by atoms with Gasteiger partial charge in [0.1, 0.15) is 35.7 Å². The molecule has 0 saturated carbocycles. The van der Waals surface area contributed by atoms with Crippen molar-refractivity contribution in [3.05, 3.63) is 59.2 Å². The van der Waals surface area contributed by atoms with Gasteiger partial charge in [-0.25, -0.2) is 4.79 Å². The molecule has 11 heteroatoms. The van der Waals surface area contributed by atoms with Gasteiger partial charge in [-0.1, -0.05) is 50.1 Å². The second kappa shape index (κ2) is 15.6. The number of phenolic OH excluding ortho intramolecular Hbond substituents is 2. The summed E-state index contributed by atoms with van der Waals surface area (Å²) in [5.74, 6) is -2.11.